The predicted molar refractivity (Wildman–Crippen MR) is 85.8 cm³/mol. The summed E-state index contributed by atoms with van der Waals surface area (Å²) in [6.45, 7) is 2.58. The summed E-state index contributed by atoms with van der Waals surface area (Å²) < 4.78 is 20.0. The number of aromatic amines is 1. The van der Waals surface area contributed by atoms with E-state index in [0.29, 0.717) is 11.7 Å². The Morgan fingerprint density at radius 3 is 2.91 bits per heavy atom. The van der Waals surface area contributed by atoms with Crippen molar-refractivity contribution in [2.24, 2.45) is 0 Å². The molecule has 0 amide bonds. The topological polar surface area (TPSA) is 77.0 Å². The molecule has 1 heterocycles. The summed E-state index contributed by atoms with van der Waals surface area (Å²) in [7, 11) is 1.36. The monoisotopic (exact) mass is 339 g/mol. The van der Waals surface area contributed by atoms with Crippen molar-refractivity contribution in [3.63, 3.8) is 0 Å². The Morgan fingerprint density at radius 1 is 1.48 bits per heavy atom. The van der Waals surface area contributed by atoms with Gasteiger partial charge in [0.2, 0.25) is 0 Å². The third-order valence-electron chi connectivity index (χ3n) is 3.26. The van der Waals surface area contributed by atoms with E-state index in [2.05, 4.69) is 10.2 Å². The van der Waals surface area contributed by atoms with E-state index in [1.54, 1.807) is 0 Å². The van der Waals surface area contributed by atoms with Crippen LogP contribution < -0.4 is 10.4 Å². The number of aromatic nitrogens is 3. The maximum atomic E-state index is 13.6. The highest BCUT2D eigenvalue weighted by Gasteiger charge is 2.14. The Balaban J connectivity index is 2.05. The Hall–Kier alpha value is -2.09. The summed E-state index contributed by atoms with van der Waals surface area (Å²) in [5.74, 6) is -0.658. The number of nitrogens with one attached hydrogen (secondary N) is 1. The molecule has 0 spiro atoms. The fraction of sp³-hybridized carbons (Fsp3) is 0.400. The van der Waals surface area contributed by atoms with E-state index in [9.17, 15) is 14.0 Å². The first-order chi connectivity index (χ1) is 11.1. The summed E-state index contributed by atoms with van der Waals surface area (Å²) in [5, 5.41) is 6.77. The van der Waals surface area contributed by atoms with Crippen LogP contribution in [-0.4, -0.2) is 33.4 Å². The molecule has 1 aromatic carbocycles. The number of benzene rings is 1. The maximum absolute atomic E-state index is 13.6. The van der Waals surface area contributed by atoms with Gasteiger partial charge in [-0.1, -0.05) is 25.1 Å². The molecule has 6 nitrogen and oxygen atoms in total. The first-order valence-electron chi connectivity index (χ1n) is 7.21. The van der Waals surface area contributed by atoms with Crippen LogP contribution in [0.3, 0.4) is 0 Å². The lowest BCUT2D eigenvalue weighted by atomic mass is 10.1. The molecule has 0 aliphatic carbocycles. The number of carbonyl (C=O) groups excluding carboxylic acids is 1. The number of hydrogen-bond acceptors (Lipinski definition) is 5. The molecule has 0 fully saturated rings. The molecule has 0 radical (unpaired) electrons. The number of rotatable bonds is 8. The molecule has 124 valence electrons. The van der Waals surface area contributed by atoms with Crippen LogP contribution in [0.15, 0.2) is 28.2 Å². The Labute approximate surface area is 137 Å². The zero-order valence-corrected chi connectivity index (χ0v) is 13.8. The van der Waals surface area contributed by atoms with Crippen molar-refractivity contribution < 1.29 is 13.9 Å². The standard InChI is InChI=1S/C15H18FN3O3S/c1-3-4-7-19-14(21)17-18-15(19)23-9-12(20)10-5-6-13(22-2)11(16)8-10/h5-6,8H,3-4,7,9H2,1-2H3,(H,17,21). The number of ether oxygens (including phenoxy) is 1. The summed E-state index contributed by atoms with van der Waals surface area (Å²) in [6, 6.07) is 4.08. The number of methoxy groups -OCH3 is 1. The van der Waals surface area contributed by atoms with Crippen molar-refractivity contribution in [1.29, 1.82) is 0 Å². The van der Waals surface area contributed by atoms with Crippen molar-refractivity contribution in [3.05, 3.63) is 40.1 Å². The molecule has 0 bridgehead atoms. The smallest absolute Gasteiger partial charge is 0.343 e. The predicted octanol–water partition coefficient (Wildman–Crippen LogP) is 2.49. The summed E-state index contributed by atoms with van der Waals surface area (Å²) in [6.07, 6.45) is 1.80. The second-order valence-electron chi connectivity index (χ2n) is 4.88. The van der Waals surface area contributed by atoms with E-state index in [0.717, 1.165) is 30.7 Å². The van der Waals surface area contributed by atoms with Gasteiger partial charge in [-0.2, -0.15) is 0 Å². The Morgan fingerprint density at radius 2 is 2.26 bits per heavy atom. The normalized spacial score (nSPS) is 10.7. The quantitative estimate of drug-likeness (QED) is 0.591. The van der Waals surface area contributed by atoms with Gasteiger partial charge in [-0.25, -0.2) is 14.3 Å². The fourth-order valence-electron chi connectivity index (χ4n) is 1.98. The molecular weight excluding hydrogens is 321 g/mol. The largest absolute Gasteiger partial charge is 0.494 e. The van der Waals surface area contributed by atoms with Crippen LogP contribution in [0.1, 0.15) is 30.1 Å². The van der Waals surface area contributed by atoms with Gasteiger partial charge in [0.1, 0.15) is 0 Å². The highest BCUT2D eigenvalue weighted by atomic mass is 32.2. The average molecular weight is 339 g/mol. The first-order valence-corrected chi connectivity index (χ1v) is 8.20. The minimum Gasteiger partial charge on any atom is -0.494 e. The zero-order valence-electron chi connectivity index (χ0n) is 13.0. The Kier molecular flexibility index (Phi) is 5.97. The molecule has 0 saturated carbocycles. The molecule has 1 N–H and O–H groups in total. The van der Waals surface area contributed by atoms with Crippen LogP contribution in [0.4, 0.5) is 4.39 Å². The third kappa shape index (κ3) is 4.22. The van der Waals surface area contributed by atoms with Crippen molar-refractivity contribution >= 4 is 17.5 Å². The third-order valence-corrected chi connectivity index (χ3v) is 4.24. The number of halogens is 1. The van der Waals surface area contributed by atoms with E-state index in [-0.39, 0.29) is 28.5 Å². The van der Waals surface area contributed by atoms with E-state index in [4.69, 9.17) is 4.74 Å². The molecule has 23 heavy (non-hydrogen) atoms. The van der Waals surface area contributed by atoms with Crippen LogP contribution in [0.5, 0.6) is 5.75 Å². The minimum atomic E-state index is -0.581. The van der Waals surface area contributed by atoms with Gasteiger partial charge in [0, 0.05) is 12.1 Å². The highest BCUT2D eigenvalue weighted by Crippen LogP contribution is 2.20. The van der Waals surface area contributed by atoms with Gasteiger partial charge in [0.25, 0.3) is 0 Å². The summed E-state index contributed by atoms with van der Waals surface area (Å²) in [5.41, 5.74) is -0.0299. The van der Waals surface area contributed by atoms with E-state index in [1.807, 2.05) is 6.92 Å². The molecular formula is C15H18FN3O3S. The van der Waals surface area contributed by atoms with Crippen molar-refractivity contribution in [2.45, 2.75) is 31.5 Å². The summed E-state index contributed by atoms with van der Waals surface area (Å²) >= 11 is 1.15. The summed E-state index contributed by atoms with van der Waals surface area (Å²) in [4.78, 5) is 23.8. The van der Waals surface area contributed by atoms with Crippen LogP contribution in [0, 0.1) is 5.82 Å². The molecule has 0 unspecified atom stereocenters. The lowest BCUT2D eigenvalue weighted by molar-refractivity contribution is 0.102. The molecule has 0 aliphatic rings. The van der Waals surface area contributed by atoms with Gasteiger partial charge < -0.3 is 4.74 Å². The minimum absolute atomic E-state index is 0.0716. The molecule has 2 rings (SSSR count). The van der Waals surface area contributed by atoms with Crippen LogP contribution in [-0.2, 0) is 6.54 Å². The number of hydrogen-bond donors (Lipinski definition) is 1. The Bertz CT molecular complexity index is 742. The van der Waals surface area contributed by atoms with Gasteiger partial charge in [-0.3, -0.25) is 9.36 Å². The van der Waals surface area contributed by atoms with Crippen molar-refractivity contribution in [2.75, 3.05) is 12.9 Å². The molecule has 8 heteroatoms. The number of Topliss-reactive ketones (excluding diaryl/α,β-unsaturated/α-hetero) is 1. The second-order valence-corrected chi connectivity index (χ2v) is 5.82. The van der Waals surface area contributed by atoms with Gasteiger partial charge in [0.15, 0.2) is 22.5 Å². The number of thioether (sulfide) groups is 1. The molecule has 1 aromatic heterocycles. The van der Waals surface area contributed by atoms with Gasteiger partial charge in [-0.05, 0) is 24.6 Å². The molecule has 0 aliphatic heterocycles. The van der Waals surface area contributed by atoms with Gasteiger partial charge in [-0.15, -0.1) is 5.10 Å². The molecule has 2 aromatic rings. The van der Waals surface area contributed by atoms with Crippen molar-refractivity contribution in [1.82, 2.24) is 14.8 Å². The zero-order chi connectivity index (χ0) is 16.8. The van der Waals surface area contributed by atoms with Gasteiger partial charge >= 0.3 is 5.69 Å². The lowest BCUT2D eigenvalue weighted by Crippen LogP contribution is -2.18. The number of nitrogens with zero attached hydrogens (tertiary/aromatic N) is 2. The molecule has 0 saturated heterocycles. The lowest BCUT2D eigenvalue weighted by Gasteiger charge is -2.06. The number of unbranched alkanes of at least 4 members (excludes halogenated alkanes) is 1. The number of ketones is 1. The van der Waals surface area contributed by atoms with E-state index in [1.165, 1.54) is 23.8 Å². The number of carbonyl (C=O) groups is 1. The fourth-order valence-corrected chi connectivity index (χ4v) is 2.85. The van der Waals surface area contributed by atoms with E-state index < -0.39 is 5.82 Å². The average Bonchev–Trinajstić information content (AvgIpc) is 2.90. The van der Waals surface area contributed by atoms with Crippen LogP contribution in [0.2, 0.25) is 0 Å². The number of H-pyrrole nitrogens is 1. The van der Waals surface area contributed by atoms with E-state index >= 15 is 0 Å². The first kappa shape index (κ1) is 17.3. The molecule has 0 atom stereocenters. The maximum Gasteiger partial charge on any atom is 0.343 e. The van der Waals surface area contributed by atoms with Crippen LogP contribution in [0.25, 0.3) is 0 Å². The van der Waals surface area contributed by atoms with Gasteiger partial charge in [0.05, 0.1) is 12.9 Å². The highest BCUT2D eigenvalue weighted by molar-refractivity contribution is 7.99. The second kappa shape index (κ2) is 7.96. The van der Waals surface area contributed by atoms with Crippen molar-refractivity contribution in [3.8, 4) is 5.75 Å². The SMILES string of the molecule is CCCCn1c(SCC(=O)c2ccc(OC)c(F)c2)n[nH]c1=O. The van der Waals surface area contributed by atoms with Crippen LogP contribution >= 0.6 is 11.8 Å².